The molecule has 0 aromatic heterocycles. The normalized spacial score (nSPS) is 11.4. The van der Waals surface area contributed by atoms with Crippen LogP contribution in [0.1, 0.15) is 24.1 Å². The quantitative estimate of drug-likeness (QED) is 0.768. The summed E-state index contributed by atoms with van der Waals surface area (Å²) < 4.78 is 0. The van der Waals surface area contributed by atoms with E-state index in [1.54, 1.807) is 30.3 Å². The smallest absolute Gasteiger partial charge is 0.247 e. The molecule has 2 rings (SSSR count). The highest BCUT2D eigenvalue weighted by Gasteiger charge is 2.28. The standard InChI is InChI=1S/C20H21ClN2O2/c1-3-13-23(15(2)24)19(17-9-11-18(21)12-10-17)20(25)22-14-16-7-5-4-6-8-16/h3-12,19H,1,13-14H2,2H3,(H,22,25). The zero-order valence-electron chi connectivity index (χ0n) is 14.1. The van der Waals surface area contributed by atoms with E-state index in [-0.39, 0.29) is 18.4 Å². The Hall–Kier alpha value is -2.59. The highest BCUT2D eigenvalue weighted by molar-refractivity contribution is 6.30. The molecule has 2 amide bonds. The van der Waals surface area contributed by atoms with E-state index >= 15 is 0 Å². The van der Waals surface area contributed by atoms with Gasteiger partial charge in [-0.15, -0.1) is 6.58 Å². The summed E-state index contributed by atoms with van der Waals surface area (Å²) in [7, 11) is 0. The maximum atomic E-state index is 12.9. The average molecular weight is 357 g/mol. The molecule has 0 radical (unpaired) electrons. The lowest BCUT2D eigenvalue weighted by atomic mass is 10.0. The van der Waals surface area contributed by atoms with Gasteiger partial charge in [0.05, 0.1) is 0 Å². The molecule has 1 atom stereocenters. The molecule has 1 unspecified atom stereocenters. The largest absolute Gasteiger partial charge is 0.350 e. The Morgan fingerprint density at radius 2 is 1.80 bits per heavy atom. The van der Waals surface area contributed by atoms with Crippen LogP contribution in [0.15, 0.2) is 67.3 Å². The summed E-state index contributed by atoms with van der Waals surface area (Å²) >= 11 is 5.94. The van der Waals surface area contributed by atoms with Crippen molar-refractivity contribution in [2.75, 3.05) is 6.54 Å². The summed E-state index contributed by atoms with van der Waals surface area (Å²) in [5.41, 5.74) is 1.69. The molecular formula is C20H21ClN2O2. The zero-order chi connectivity index (χ0) is 18.2. The predicted octanol–water partition coefficient (Wildman–Crippen LogP) is 3.73. The van der Waals surface area contributed by atoms with E-state index in [1.807, 2.05) is 30.3 Å². The summed E-state index contributed by atoms with van der Waals surface area (Å²) in [4.78, 5) is 26.4. The van der Waals surface area contributed by atoms with Crippen molar-refractivity contribution in [3.63, 3.8) is 0 Å². The van der Waals surface area contributed by atoms with Gasteiger partial charge in [0.15, 0.2) is 0 Å². The molecule has 0 saturated carbocycles. The Kier molecular flexibility index (Phi) is 6.78. The van der Waals surface area contributed by atoms with Gasteiger partial charge in [-0.2, -0.15) is 0 Å². The lowest BCUT2D eigenvalue weighted by molar-refractivity contribution is -0.138. The number of amides is 2. The molecule has 130 valence electrons. The van der Waals surface area contributed by atoms with E-state index in [0.29, 0.717) is 17.1 Å². The van der Waals surface area contributed by atoms with Crippen LogP contribution in [0.2, 0.25) is 5.02 Å². The number of nitrogens with one attached hydrogen (secondary N) is 1. The van der Waals surface area contributed by atoms with Gasteiger partial charge in [-0.05, 0) is 23.3 Å². The number of hydrogen-bond acceptors (Lipinski definition) is 2. The Morgan fingerprint density at radius 1 is 1.16 bits per heavy atom. The van der Waals surface area contributed by atoms with E-state index in [0.717, 1.165) is 5.56 Å². The number of benzene rings is 2. The zero-order valence-corrected chi connectivity index (χ0v) is 14.9. The molecule has 0 fully saturated rings. The summed E-state index contributed by atoms with van der Waals surface area (Å²) in [6.45, 7) is 5.79. The van der Waals surface area contributed by atoms with Gasteiger partial charge in [0.2, 0.25) is 11.8 Å². The van der Waals surface area contributed by atoms with Crippen molar-refractivity contribution in [1.82, 2.24) is 10.2 Å². The van der Waals surface area contributed by atoms with Crippen molar-refractivity contribution in [3.8, 4) is 0 Å². The molecule has 5 heteroatoms. The minimum absolute atomic E-state index is 0.199. The second kappa shape index (κ2) is 9.04. The maximum absolute atomic E-state index is 12.9. The predicted molar refractivity (Wildman–Crippen MR) is 100 cm³/mol. The molecular weight excluding hydrogens is 336 g/mol. The second-order valence-corrected chi connectivity index (χ2v) is 6.05. The molecule has 0 aliphatic rings. The first kappa shape index (κ1) is 18.7. The fourth-order valence-electron chi connectivity index (χ4n) is 2.55. The summed E-state index contributed by atoms with van der Waals surface area (Å²) in [6.07, 6.45) is 1.61. The van der Waals surface area contributed by atoms with E-state index in [1.165, 1.54) is 11.8 Å². The third kappa shape index (κ3) is 5.19. The third-order valence-corrected chi connectivity index (χ3v) is 4.04. The first-order valence-electron chi connectivity index (χ1n) is 7.98. The maximum Gasteiger partial charge on any atom is 0.247 e. The lowest BCUT2D eigenvalue weighted by Crippen LogP contribution is -2.42. The molecule has 0 spiro atoms. The number of hydrogen-bond donors (Lipinski definition) is 1. The Balaban J connectivity index is 2.26. The fourth-order valence-corrected chi connectivity index (χ4v) is 2.68. The first-order chi connectivity index (χ1) is 12.0. The van der Waals surface area contributed by atoms with Gasteiger partial charge >= 0.3 is 0 Å². The molecule has 4 nitrogen and oxygen atoms in total. The molecule has 0 saturated heterocycles. The highest BCUT2D eigenvalue weighted by atomic mass is 35.5. The van der Waals surface area contributed by atoms with Crippen LogP contribution in [-0.2, 0) is 16.1 Å². The summed E-state index contributed by atoms with van der Waals surface area (Å²) in [5.74, 6) is -0.446. The molecule has 0 bridgehead atoms. The van der Waals surface area contributed by atoms with E-state index in [4.69, 9.17) is 11.6 Å². The number of carbonyl (C=O) groups excluding carboxylic acids is 2. The first-order valence-corrected chi connectivity index (χ1v) is 8.36. The van der Waals surface area contributed by atoms with Crippen LogP contribution in [0.3, 0.4) is 0 Å². The number of rotatable bonds is 7. The fraction of sp³-hybridized carbons (Fsp3) is 0.200. The lowest BCUT2D eigenvalue weighted by Gasteiger charge is -2.29. The van der Waals surface area contributed by atoms with E-state index in [2.05, 4.69) is 11.9 Å². The molecule has 0 aliphatic carbocycles. The van der Waals surface area contributed by atoms with Gasteiger partial charge in [0, 0.05) is 25.0 Å². The van der Waals surface area contributed by atoms with Gasteiger partial charge in [-0.1, -0.05) is 60.1 Å². The van der Waals surface area contributed by atoms with Crippen LogP contribution >= 0.6 is 11.6 Å². The van der Waals surface area contributed by atoms with Gasteiger partial charge in [-0.25, -0.2) is 0 Å². The Labute approximate surface area is 153 Å². The van der Waals surface area contributed by atoms with Gasteiger partial charge in [0.25, 0.3) is 0 Å². The number of nitrogens with zero attached hydrogens (tertiary/aromatic N) is 1. The minimum Gasteiger partial charge on any atom is -0.350 e. The van der Waals surface area contributed by atoms with Gasteiger partial charge in [0.1, 0.15) is 6.04 Å². The van der Waals surface area contributed by atoms with Gasteiger partial charge in [-0.3, -0.25) is 9.59 Å². The summed E-state index contributed by atoms with van der Waals surface area (Å²) in [5, 5.41) is 3.48. The van der Waals surface area contributed by atoms with Crippen LogP contribution in [-0.4, -0.2) is 23.3 Å². The molecule has 25 heavy (non-hydrogen) atoms. The van der Waals surface area contributed by atoms with Crippen LogP contribution in [0, 0.1) is 0 Å². The Morgan fingerprint density at radius 3 is 2.36 bits per heavy atom. The van der Waals surface area contributed by atoms with Crippen LogP contribution in [0.4, 0.5) is 0 Å². The van der Waals surface area contributed by atoms with Crippen molar-refractivity contribution in [1.29, 1.82) is 0 Å². The third-order valence-electron chi connectivity index (χ3n) is 3.79. The molecule has 0 heterocycles. The van der Waals surface area contributed by atoms with E-state index in [9.17, 15) is 9.59 Å². The second-order valence-electron chi connectivity index (χ2n) is 5.62. The minimum atomic E-state index is -0.739. The topological polar surface area (TPSA) is 49.4 Å². The van der Waals surface area contributed by atoms with Crippen LogP contribution < -0.4 is 5.32 Å². The van der Waals surface area contributed by atoms with Crippen LogP contribution in [0.25, 0.3) is 0 Å². The molecule has 2 aromatic rings. The van der Waals surface area contributed by atoms with Crippen LogP contribution in [0.5, 0.6) is 0 Å². The van der Waals surface area contributed by atoms with E-state index < -0.39 is 6.04 Å². The molecule has 2 aromatic carbocycles. The van der Waals surface area contributed by atoms with Crippen molar-refractivity contribution >= 4 is 23.4 Å². The SMILES string of the molecule is C=CCN(C(C)=O)C(C(=O)NCc1ccccc1)c1ccc(Cl)cc1. The van der Waals surface area contributed by atoms with Gasteiger partial charge < -0.3 is 10.2 Å². The van der Waals surface area contributed by atoms with Crippen molar-refractivity contribution in [3.05, 3.63) is 83.4 Å². The number of carbonyl (C=O) groups is 2. The monoisotopic (exact) mass is 356 g/mol. The van der Waals surface area contributed by atoms with Crippen molar-refractivity contribution in [2.24, 2.45) is 0 Å². The van der Waals surface area contributed by atoms with Crippen molar-refractivity contribution < 1.29 is 9.59 Å². The molecule has 1 N–H and O–H groups in total. The summed E-state index contributed by atoms with van der Waals surface area (Å²) in [6, 6.07) is 15.8. The molecule has 0 aliphatic heterocycles. The number of halogens is 1. The van der Waals surface area contributed by atoms with Crippen molar-refractivity contribution in [2.45, 2.75) is 19.5 Å². The average Bonchev–Trinajstić information content (AvgIpc) is 2.61. The Bertz CT molecular complexity index is 729. The highest BCUT2D eigenvalue weighted by Crippen LogP contribution is 2.23.